The van der Waals surface area contributed by atoms with Crippen LogP contribution in [0.3, 0.4) is 0 Å². The van der Waals surface area contributed by atoms with Crippen molar-refractivity contribution < 1.29 is 8.42 Å². The quantitative estimate of drug-likeness (QED) is 0.712. The van der Waals surface area contributed by atoms with Crippen molar-refractivity contribution in [2.75, 3.05) is 0 Å². The van der Waals surface area contributed by atoms with Crippen LogP contribution >= 0.6 is 0 Å². The minimum atomic E-state index is -3.62. The smallest absolute Gasteiger partial charge is 0.210 e. The predicted octanol–water partition coefficient (Wildman–Crippen LogP) is 4.02. The number of rotatable bonds is 3. The van der Waals surface area contributed by atoms with Gasteiger partial charge in [-0.25, -0.2) is 18.4 Å². The van der Waals surface area contributed by atoms with Crippen LogP contribution in [0.1, 0.15) is 38.6 Å². The summed E-state index contributed by atoms with van der Waals surface area (Å²) in [6.45, 7) is 2.23. The molecule has 0 bridgehead atoms. The molecule has 2 heterocycles. The zero-order valence-electron chi connectivity index (χ0n) is 14.2. The highest BCUT2D eigenvalue weighted by Gasteiger charge is 2.30. The zero-order chi connectivity index (χ0) is 17.4. The number of fused-ring (bicyclic) bond motifs is 1. The van der Waals surface area contributed by atoms with E-state index in [0.29, 0.717) is 17.1 Å². The number of sulfone groups is 1. The van der Waals surface area contributed by atoms with Crippen molar-refractivity contribution in [1.82, 2.24) is 14.5 Å². The maximum absolute atomic E-state index is 13.1. The Kier molecular flexibility index (Phi) is 4.07. The number of hydrogen-bond acceptors (Lipinski definition) is 4. The van der Waals surface area contributed by atoms with Gasteiger partial charge < -0.3 is 4.57 Å². The molecule has 1 aliphatic rings. The molecule has 0 spiro atoms. The van der Waals surface area contributed by atoms with Crippen molar-refractivity contribution in [1.29, 1.82) is 0 Å². The molecule has 3 aromatic rings. The number of hydrogen-bond donors (Lipinski definition) is 0. The SMILES string of the molecule is CC1CCCCC1n1cc(S(=O)(=O)c2ccccc2)c2nccnc21. The summed E-state index contributed by atoms with van der Waals surface area (Å²) in [5.74, 6) is 0.499. The van der Waals surface area contributed by atoms with Crippen molar-refractivity contribution in [2.24, 2.45) is 5.92 Å². The molecule has 130 valence electrons. The average molecular weight is 355 g/mol. The van der Waals surface area contributed by atoms with Crippen LogP contribution in [0.4, 0.5) is 0 Å². The van der Waals surface area contributed by atoms with E-state index in [1.54, 1.807) is 42.9 Å². The summed E-state index contributed by atoms with van der Waals surface area (Å²) in [5.41, 5.74) is 1.12. The van der Waals surface area contributed by atoms with Gasteiger partial charge >= 0.3 is 0 Å². The highest BCUT2D eigenvalue weighted by Crippen LogP contribution is 2.37. The van der Waals surface area contributed by atoms with E-state index in [1.807, 2.05) is 10.6 Å². The van der Waals surface area contributed by atoms with Crippen molar-refractivity contribution in [2.45, 2.75) is 48.4 Å². The third kappa shape index (κ3) is 2.74. The number of nitrogens with zero attached hydrogens (tertiary/aromatic N) is 3. The Balaban J connectivity index is 1.91. The van der Waals surface area contributed by atoms with E-state index < -0.39 is 9.84 Å². The standard InChI is InChI=1S/C19H21N3O2S/c1-14-7-5-6-10-16(14)22-13-17(18-19(22)21-12-11-20-18)25(23,24)15-8-3-2-4-9-15/h2-4,8-9,11-14,16H,5-7,10H2,1H3. The summed E-state index contributed by atoms with van der Waals surface area (Å²) in [4.78, 5) is 9.34. The Hall–Kier alpha value is -2.21. The van der Waals surface area contributed by atoms with Gasteiger partial charge in [-0.15, -0.1) is 0 Å². The maximum atomic E-state index is 13.1. The molecular formula is C19H21N3O2S. The van der Waals surface area contributed by atoms with Gasteiger partial charge in [-0.2, -0.15) is 0 Å². The van der Waals surface area contributed by atoms with Crippen LogP contribution in [0.15, 0.2) is 58.7 Å². The molecule has 0 amide bonds. The van der Waals surface area contributed by atoms with Gasteiger partial charge in [-0.3, -0.25) is 0 Å². The summed E-state index contributed by atoms with van der Waals surface area (Å²) in [6, 6.07) is 8.80. The second kappa shape index (κ2) is 6.26. The van der Waals surface area contributed by atoms with E-state index in [9.17, 15) is 8.42 Å². The third-order valence-electron chi connectivity index (χ3n) is 5.18. The lowest BCUT2D eigenvalue weighted by molar-refractivity contribution is 0.261. The lowest BCUT2D eigenvalue weighted by Gasteiger charge is -2.30. The second-order valence-electron chi connectivity index (χ2n) is 6.77. The molecule has 0 aliphatic heterocycles. The molecule has 4 rings (SSSR count). The van der Waals surface area contributed by atoms with Gasteiger partial charge in [0.05, 0.1) is 4.90 Å². The Morgan fingerprint density at radius 2 is 1.76 bits per heavy atom. The largest absolute Gasteiger partial charge is 0.326 e. The number of benzene rings is 1. The average Bonchev–Trinajstić information content (AvgIpc) is 3.03. The summed E-state index contributed by atoms with van der Waals surface area (Å²) in [7, 11) is -3.62. The van der Waals surface area contributed by atoms with Crippen LogP contribution in [-0.4, -0.2) is 23.0 Å². The highest BCUT2D eigenvalue weighted by atomic mass is 32.2. The fraction of sp³-hybridized carbons (Fsp3) is 0.368. The molecule has 0 N–H and O–H groups in total. The van der Waals surface area contributed by atoms with Crippen LogP contribution in [-0.2, 0) is 9.84 Å². The molecule has 0 radical (unpaired) electrons. The molecule has 2 unspecified atom stereocenters. The molecule has 6 heteroatoms. The van der Waals surface area contributed by atoms with Gasteiger partial charge in [0.1, 0.15) is 10.4 Å². The van der Waals surface area contributed by atoms with Crippen molar-refractivity contribution >= 4 is 21.0 Å². The van der Waals surface area contributed by atoms with Crippen molar-refractivity contribution in [3.8, 4) is 0 Å². The lowest BCUT2D eigenvalue weighted by atomic mass is 9.86. The van der Waals surface area contributed by atoms with E-state index in [-0.39, 0.29) is 15.8 Å². The van der Waals surface area contributed by atoms with E-state index in [2.05, 4.69) is 16.9 Å². The van der Waals surface area contributed by atoms with Gasteiger partial charge in [0.2, 0.25) is 9.84 Å². The topological polar surface area (TPSA) is 64.8 Å². The van der Waals surface area contributed by atoms with Gasteiger partial charge in [-0.1, -0.05) is 38.0 Å². The van der Waals surface area contributed by atoms with Crippen molar-refractivity contribution in [3.63, 3.8) is 0 Å². The summed E-state index contributed by atoms with van der Waals surface area (Å²) < 4.78 is 28.3. The minimum absolute atomic E-state index is 0.250. The summed E-state index contributed by atoms with van der Waals surface area (Å²) in [6.07, 6.45) is 9.54. The summed E-state index contributed by atoms with van der Waals surface area (Å²) in [5, 5.41) is 0. The highest BCUT2D eigenvalue weighted by molar-refractivity contribution is 7.91. The second-order valence-corrected chi connectivity index (χ2v) is 8.69. The normalized spacial score (nSPS) is 21.5. The molecule has 5 nitrogen and oxygen atoms in total. The molecule has 0 saturated heterocycles. The van der Waals surface area contributed by atoms with Crippen LogP contribution in [0, 0.1) is 5.92 Å². The molecule has 25 heavy (non-hydrogen) atoms. The Morgan fingerprint density at radius 3 is 2.52 bits per heavy atom. The number of aromatic nitrogens is 3. The van der Waals surface area contributed by atoms with Gasteiger partial charge in [0.15, 0.2) is 5.65 Å². The fourth-order valence-electron chi connectivity index (χ4n) is 3.83. The van der Waals surface area contributed by atoms with Crippen LogP contribution in [0.5, 0.6) is 0 Å². The van der Waals surface area contributed by atoms with E-state index in [4.69, 9.17) is 0 Å². The molecule has 2 aromatic heterocycles. The van der Waals surface area contributed by atoms with Crippen LogP contribution in [0.2, 0.25) is 0 Å². The van der Waals surface area contributed by atoms with Gasteiger partial charge in [-0.05, 0) is 30.9 Å². The Labute approximate surface area is 147 Å². The Bertz CT molecular complexity index is 996. The maximum Gasteiger partial charge on any atom is 0.210 e. The van der Waals surface area contributed by atoms with Gasteiger partial charge in [0.25, 0.3) is 0 Å². The van der Waals surface area contributed by atoms with E-state index in [1.165, 1.54) is 6.42 Å². The first-order chi connectivity index (χ1) is 12.1. The molecule has 1 saturated carbocycles. The van der Waals surface area contributed by atoms with E-state index in [0.717, 1.165) is 19.3 Å². The lowest BCUT2D eigenvalue weighted by Crippen LogP contribution is -2.20. The van der Waals surface area contributed by atoms with Crippen LogP contribution in [0.25, 0.3) is 11.2 Å². The Morgan fingerprint density at radius 1 is 1.04 bits per heavy atom. The van der Waals surface area contributed by atoms with Crippen LogP contribution < -0.4 is 0 Å². The summed E-state index contributed by atoms with van der Waals surface area (Å²) >= 11 is 0. The monoisotopic (exact) mass is 355 g/mol. The minimum Gasteiger partial charge on any atom is -0.326 e. The van der Waals surface area contributed by atoms with Gasteiger partial charge in [0, 0.05) is 24.6 Å². The molecular weight excluding hydrogens is 334 g/mol. The third-order valence-corrected chi connectivity index (χ3v) is 6.95. The fourth-order valence-corrected chi connectivity index (χ4v) is 5.25. The van der Waals surface area contributed by atoms with E-state index >= 15 is 0 Å². The first kappa shape index (κ1) is 16.3. The molecule has 2 atom stereocenters. The molecule has 1 fully saturated rings. The zero-order valence-corrected chi connectivity index (χ0v) is 15.0. The molecule has 1 aromatic carbocycles. The molecule has 1 aliphatic carbocycles. The van der Waals surface area contributed by atoms with Crippen molar-refractivity contribution in [3.05, 3.63) is 48.9 Å². The first-order valence-electron chi connectivity index (χ1n) is 8.71. The first-order valence-corrected chi connectivity index (χ1v) is 10.2. The predicted molar refractivity (Wildman–Crippen MR) is 96.1 cm³/mol.